The number of aromatic nitrogens is 1. The number of rotatable bonds is 4. The Morgan fingerprint density at radius 3 is 2.76 bits per heavy atom. The lowest BCUT2D eigenvalue weighted by Crippen LogP contribution is -2.18. The van der Waals surface area contributed by atoms with Crippen LogP contribution in [0.5, 0.6) is 0 Å². The minimum absolute atomic E-state index is 0.0365. The van der Waals surface area contributed by atoms with Gasteiger partial charge in [0.2, 0.25) is 0 Å². The van der Waals surface area contributed by atoms with Crippen LogP contribution in [0.2, 0.25) is 0 Å². The Balaban J connectivity index is 2.20. The molecule has 0 saturated heterocycles. The molecule has 0 bridgehead atoms. The molecule has 1 aromatic carbocycles. The fraction of sp³-hybridized carbons (Fsp3) is 0.250. The second-order valence-corrected chi connectivity index (χ2v) is 4.66. The van der Waals surface area contributed by atoms with E-state index in [1.54, 1.807) is 36.2 Å². The summed E-state index contributed by atoms with van der Waals surface area (Å²) in [6, 6.07) is 3.95. The molecule has 0 radical (unpaired) electrons. The van der Waals surface area contributed by atoms with Crippen molar-refractivity contribution in [2.45, 2.75) is 12.5 Å². The molecule has 0 aliphatic heterocycles. The minimum atomic E-state index is -0.818. The predicted molar refractivity (Wildman–Crippen MR) is 64.0 cm³/mol. The molecule has 0 aliphatic rings. The molecule has 1 aromatic heterocycles. The molecular weight excluding hydrogens is 242 g/mol. The Morgan fingerprint density at radius 2 is 2.18 bits per heavy atom. The van der Waals surface area contributed by atoms with Gasteiger partial charge in [0.15, 0.2) is 11.6 Å². The van der Waals surface area contributed by atoms with Crippen LogP contribution in [-0.2, 0) is 6.42 Å². The fourth-order valence-electron chi connectivity index (χ4n) is 1.66. The van der Waals surface area contributed by atoms with E-state index in [9.17, 15) is 8.78 Å². The van der Waals surface area contributed by atoms with Gasteiger partial charge in [0.05, 0.1) is 5.51 Å². The molecule has 1 heterocycles. The van der Waals surface area contributed by atoms with Gasteiger partial charge in [0, 0.05) is 23.5 Å². The van der Waals surface area contributed by atoms with Gasteiger partial charge in [0.1, 0.15) is 0 Å². The molecular formula is C12H12F2N2S. The van der Waals surface area contributed by atoms with Crippen LogP contribution in [0.25, 0.3) is 0 Å². The molecule has 2 aromatic rings. The summed E-state index contributed by atoms with van der Waals surface area (Å²) in [5.74, 6) is -1.63. The largest absolute Gasteiger partial charge is 0.313 e. The lowest BCUT2D eigenvalue weighted by Gasteiger charge is -2.15. The Labute approximate surface area is 102 Å². The highest BCUT2D eigenvalue weighted by atomic mass is 32.1. The maximum atomic E-state index is 13.1. The summed E-state index contributed by atoms with van der Waals surface area (Å²) in [4.78, 5) is 5.10. The molecule has 2 nitrogen and oxygen atoms in total. The zero-order valence-electron chi connectivity index (χ0n) is 9.28. The summed E-state index contributed by atoms with van der Waals surface area (Å²) >= 11 is 1.55. The van der Waals surface area contributed by atoms with Gasteiger partial charge in [0.25, 0.3) is 0 Å². The topological polar surface area (TPSA) is 24.9 Å². The Hall–Kier alpha value is -1.33. The van der Waals surface area contributed by atoms with Crippen molar-refractivity contribution in [2.75, 3.05) is 7.05 Å². The SMILES string of the molecule is CNC(Cc1cncs1)c1ccc(F)c(F)c1. The second kappa shape index (κ2) is 5.33. The van der Waals surface area contributed by atoms with E-state index in [4.69, 9.17) is 0 Å². The maximum absolute atomic E-state index is 13.1. The molecule has 0 fully saturated rings. The van der Waals surface area contributed by atoms with Gasteiger partial charge in [-0.05, 0) is 24.7 Å². The molecule has 2 rings (SSSR count). The monoisotopic (exact) mass is 254 g/mol. The highest BCUT2D eigenvalue weighted by Crippen LogP contribution is 2.21. The van der Waals surface area contributed by atoms with E-state index in [1.165, 1.54) is 6.07 Å². The van der Waals surface area contributed by atoms with Gasteiger partial charge in [-0.2, -0.15) is 0 Å². The van der Waals surface area contributed by atoms with Crippen molar-refractivity contribution in [1.82, 2.24) is 10.3 Å². The van der Waals surface area contributed by atoms with E-state index < -0.39 is 11.6 Å². The molecule has 0 spiro atoms. The first-order valence-corrected chi connectivity index (χ1v) is 6.08. The first-order valence-electron chi connectivity index (χ1n) is 5.20. The number of thiazole rings is 1. The zero-order chi connectivity index (χ0) is 12.3. The third-order valence-corrected chi connectivity index (χ3v) is 3.39. The molecule has 0 amide bonds. The van der Waals surface area contributed by atoms with Crippen molar-refractivity contribution in [3.63, 3.8) is 0 Å². The Bertz CT molecular complexity index is 485. The number of nitrogens with one attached hydrogen (secondary N) is 1. The maximum Gasteiger partial charge on any atom is 0.159 e. The molecule has 5 heteroatoms. The highest BCUT2D eigenvalue weighted by Gasteiger charge is 2.13. The number of likely N-dealkylation sites (N-methyl/N-ethyl adjacent to an activating group) is 1. The van der Waals surface area contributed by atoms with Crippen LogP contribution in [-0.4, -0.2) is 12.0 Å². The smallest absolute Gasteiger partial charge is 0.159 e. The summed E-state index contributed by atoms with van der Waals surface area (Å²) in [5.41, 5.74) is 2.49. The van der Waals surface area contributed by atoms with E-state index in [1.807, 2.05) is 0 Å². The molecule has 1 atom stereocenters. The lowest BCUT2D eigenvalue weighted by atomic mass is 10.0. The van der Waals surface area contributed by atoms with Gasteiger partial charge in [-0.25, -0.2) is 8.78 Å². The quantitative estimate of drug-likeness (QED) is 0.907. The van der Waals surface area contributed by atoms with E-state index in [2.05, 4.69) is 10.3 Å². The summed E-state index contributed by atoms with van der Waals surface area (Å²) in [6.07, 6.45) is 2.50. The normalized spacial score (nSPS) is 12.6. The average molecular weight is 254 g/mol. The van der Waals surface area contributed by atoms with E-state index in [-0.39, 0.29) is 6.04 Å². The molecule has 0 saturated carbocycles. The number of nitrogens with zero attached hydrogens (tertiary/aromatic N) is 1. The van der Waals surface area contributed by atoms with Crippen LogP contribution in [0.3, 0.4) is 0 Å². The number of benzene rings is 1. The minimum Gasteiger partial charge on any atom is -0.313 e. The predicted octanol–water partition coefficient (Wildman–Crippen LogP) is 2.92. The summed E-state index contributed by atoms with van der Waals surface area (Å²) in [6.45, 7) is 0. The van der Waals surface area contributed by atoms with Crippen LogP contribution in [0.4, 0.5) is 8.78 Å². The van der Waals surface area contributed by atoms with Crippen molar-refractivity contribution in [2.24, 2.45) is 0 Å². The molecule has 17 heavy (non-hydrogen) atoms. The Kier molecular flexibility index (Phi) is 3.81. The highest BCUT2D eigenvalue weighted by molar-refractivity contribution is 7.09. The zero-order valence-corrected chi connectivity index (χ0v) is 10.1. The van der Waals surface area contributed by atoms with Gasteiger partial charge in [-0.1, -0.05) is 6.07 Å². The van der Waals surface area contributed by atoms with E-state index in [0.717, 1.165) is 16.5 Å². The standard InChI is InChI=1S/C12H12F2N2S/c1-15-12(5-9-6-16-7-17-9)8-2-3-10(13)11(14)4-8/h2-4,6-7,12,15H,5H2,1H3. The first kappa shape index (κ1) is 12.1. The Morgan fingerprint density at radius 1 is 1.35 bits per heavy atom. The molecule has 1 N–H and O–H groups in total. The fourth-order valence-corrected chi connectivity index (χ4v) is 2.30. The van der Waals surface area contributed by atoms with Gasteiger partial charge in [-0.3, -0.25) is 4.98 Å². The van der Waals surface area contributed by atoms with E-state index >= 15 is 0 Å². The average Bonchev–Trinajstić information content (AvgIpc) is 2.82. The second-order valence-electron chi connectivity index (χ2n) is 3.69. The van der Waals surface area contributed by atoms with Crippen molar-refractivity contribution < 1.29 is 8.78 Å². The van der Waals surface area contributed by atoms with Crippen LogP contribution in [0.15, 0.2) is 29.9 Å². The van der Waals surface area contributed by atoms with Crippen molar-refractivity contribution in [3.8, 4) is 0 Å². The van der Waals surface area contributed by atoms with Crippen molar-refractivity contribution in [1.29, 1.82) is 0 Å². The third kappa shape index (κ3) is 2.87. The number of hydrogen-bond donors (Lipinski definition) is 1. The molecule has 1 unspecified atom stereocenters. The van der Waals surface area contributed by atoms with Gasteiger partial charge >= 0.3 is 0 Å². The first-order chi connectivity index (χ1) is 8.20. The summed E-state index contributed by atoms with van der Waals surface area (Å²) < 4.78 is 26.0. The van der Waals surface area contributed by atoms with Crippen molar-refractivity contribution >= 4 is 11.3 Å². The lowest BCUT2D eigenvalue weighted by molar-refractivity contribution is 0.501. The van der Waals surface area contributed by atoms with Crippen LogP contribution in [0.1, 0.15) is 16.5 Å². The third-order valence-electron chi connectivity index (χ3n) is 2.58. The number of hydrogen-bond acceptors (Lipinski definition) is 3. The summed E-state index contributed by atoms with van der Waals surface area (Å²) in [7, 11) is 1.80. The van der Waals surface area contributed by atoms with E-state index in [0.29, 0.717) is 6.42 Å². The van der Waals surface area contributed by atoms with Gasteiger partial charge < -0.3 is 5.32 Å². The van der Waals surface area contributed by atoms with Crippen molar-refractivity contribution in [3.05, 3.63) is 52.0 Å². The van der Waals surface area contributed by atoms with Crippen LogP contribution in [0, 0.1) is 11.6 Å². The summed E-state index contributed by atoms with van der Waals surface area (Å²) in [5, 5.41) is 3.09. The molecule has 0 aliphatic carbocycles. The molecule has 90 valence electrons. The van der Waals surface area contributed by atoms with Crippen LogP contribution >= 0.6 is 11.3 Å². The van der Waals surface area contributed by atoms with Gasteiger partial charge in [-0.15, -0.1) is 11.3 Å². The van der Waals surface area contributed by atoms with Crippen LogP contribution < -0.4 is 5.32 Å². The number of halogens is 2.